The predicted octanol–water partition coefficient (Wildman–Crippen LogP) is 2.72. The minimum absolute atomic E-state index is 0.00182. The van der Waals surface area contributed by atoms with Crippen molar-refractivity contribution >= 4 is 11.8 Å². The Kier molecular flexibility index (Phi) is 7.03. The molecule has 0 aromatic heterocycles. The van der Waals surface area contributed by atoms with Gasteiger partial charge in [-0.15, -0.1) is 0 Å². The Balaban J connectivity index is 2.60. The van der Waals surface area contributed by atoms with Crippen LogP contribution in [0.15, 0.2) is 0 Å². The highest BCUT2D eigenvalue weighted by Gasteiger charge is 2.34. The van der Waals surface area contributed by atoms with Gasteiger partial charge in [-0.1, -0.05) is 46.5 Å². The van der Waals surface area contributed by atoms with Crippen molar-refractivity contribution in [2.24, 2.45) is 5.92 Å². The van der Waals surface area contributed by atoms with Crippen LogP contribution in [0, 0.1) is 5.92 Å². The van der Waals surface area contributed by atoms with Gasteiger partial charge in [-0.05, 0) is 19.3 Å². The molecule has 2 atom stereocenters. The average Bonchev–Trinajstić information content (AvgIpc) is 2.48. The molecule has 1 heterocycles. The van der Waals surface area contributed by atoms with Gasteiger partial charge in [0.05, 0.1) is 0 Å². The lowest BCUT2D eigenvalue weighted by atomic mass is 10.0. The van der Waals surface area contributed by atoms with Crippen molar-refractivity contribution in [2.45, 2.75) is 78.3 Å². The van der Waals surface area contributed by atoms with Crippen molar-refractivity contribution in [3.05, 3.63) is 0 Å². The summed E-state index contributed by atoms with van der Waals surface area (Å²) >= 11 is 0. The monoisotopic (exact) mass is 282 g/mol. The first kappa shape index (κ1) is 17.0. The second-order valence-electron chi connectivity index (χ2n) is 6.29. The molecule has 0 bridgehead atoms. The quantitative estimate of drug-likeness (QED) is 0.730. The standard InChI is InChI=1S/C16H30N2O2/c1-5-6-7-8-9-10-18-13(4)11-14(19)17-15(12(2)3)16(18)20/h12-13,15H,5-11H2,1-4H3,(H,17,19). The molecule has 0 radical (unpaired) electrons. The van der Waals surface area contributed by atoms with Crippen LogP contribution in [0.3, 0.4) is 0 Å². The Morgan fingerprint density at radius 1 is 1.20 bits per heavy atom. The fourth-order valence-electron chi connectivity index (χ4n) is 2.74. The van der Waals surface area contributed by atoms with Gasteiger partial charge in [-0.25, -0.2) is 0 Å². The summed E-state index contributed by atoms with van der Waals surface area (Å²) in [5.74, 6) is 0.228. The van der Waals surface area contributed by atoms with Crippen molar-refractivity contribution in [2.75, 3.05) is 6.54 Å². The molecule has 4 heteroatoms. The van der Waals surface area contributed by atoms with E-state index in [0.717, 1.165) is 19.4 Å². The number of nitrogens with zero attached hydrogens (tertiary/aromatic N) is 1. The van der Waals surface area contributed by atoms with Crippen LogP contribution >= 0.6 is 0 Å². The van der Waals surface area contributed by atoms with E-state index >= 15 is 0 Å². The Morgan fingerprint density at radius 3 is 2.45 bits per heavy atom. The molecule has 0 aromatic rings. The van der Waals surface area contributed by atoms with E-state index in [2.05, 4.69) is 12.2 Å². The normalized spacial score (nSPS) is 23.9. The van der Waals surface area contributed by atoms with Crippen LogP contribution in [0.5, 0.6) is 0 Å². The van der Waals surface area contributed by atoms with Gasteiger partial charge in [-0.3, -0.25) is 9.59 Å². The fraction of sp³-hybridized carbons (Fsp3) is 0.875. The predicted molar refractivity (Wildman–Crippen MR) is 81.3 cm³/mol. The fourth-order valence-corrected chi connectivity index (χ4v) is 2.74. The second-order valence-corrected chi connectivity index (χ2v) is 6.29. The molecule has 0 aliphatic carbocycles. The number of hydrogen-bond acceptors (Lipinski definition) is 2. The minimum Gasteiger partial charge on any atom is -0.344 e. The average molecular weight is 282 g/mol. The van der Waals surface area contributed by atoms with Gasteiger partial charge >= 0.3 is 0 Å². The lowest BCUT2D eigenvalue weighted by Crippen LogP contribution is -2.49. The largest absolute Gasteiger partial charge is 0.344 e. The van der Waals surface area contributed by atoms with Crippen LogP contribution in [0.25, 0.3) is 0 Å². The summed E-state index contributed by atoms with van der Waals surface area (Å²) < 4.78 is 0. The summed E-state index contributed by atoms with van der Waals surface area (Å²) in [7, 11) is 0. The molecular weight excluding hydrogens is 252 g/mol. The molecule has 0 spiro atoms. The molecule has 2 amide bonds. The number of carbonyl (C=O) groups is 2. The molecule has 1 N–H and O–H groups in total. The van der Waals surface area contributed by atoms with Crippen molar-refractivity contribution in [1.29, 1.82) is 0 Å². The van der Waals surface area contributed by atoms with Crippen molar-refractivity contribution < 1.29 is 9.59 Å². The number of hydrogen-bond donors (Lipinski definition) is 1. The van der Waals surface area contributed by atoms with Crippen LogP contribution in [0.1, 0.15) is 66.2 Å². The molecule has 1 saturated heterocycles. The highest BCUT2D eigenvalue weighted by molar-refractivity contribution is 5.90. The van der Waals surface area contributed by atoms with Crippen LogP contribution in [-0.4, -0.2) is 35.3 Å². The molecule has 4 nitrogen and oxygen atoms in total. The van der Waals surface area contributed by atoms with Crippen LogP contribution in [-0.2, 0) is 9.59 Å². The molecule has 1 fully saturated rings. The number of rotatable bonds is 7. The third kappa shape index (κ3) is 4.80. The summed E-state index contributed by atoms with van der Waals surface area (Å²) in [6.45, 7) is 8.93. The van der Waals surface area contributed by atoms with Gasteiger partial charge < -0.3 is 10.2 Å². The molecule has 1 aliphatic heterocycles. The van der Waals surface area contributed by atoms with Crippen molar-refractivity contribution in [3.63, 3.8) is 0 Å². The smallest absolute Gasteiger partial charge is 0.245 e. The maximum Gasteiger partial charge on any atom is 0.245 e. The van der Waals surface area contributed by atoms with Crippen molar-refractivity contribution in [3.8, 4) is 0 Å². The van der Waals surface area contributed by atoms with E-state index < -0.39 is 0 Å². The van der Waals surface area contributed by atoms with Crippen molar-refractivity contribution in [1.82, 2.24) is 10.2 Å². The Morgan fingerprint density at radius 2 is 1.85 bits per heavy atom. The molecule has 20 heavy (non-hydrogen) atoms. The summed E-state index contributed by atoms with van der Waals surface area (Å²) in [5.41, 5.74) is 0. The maximum atomic E-state index is 12.6. The van der Waals surface area contributed by atoms with E-state index in [4.69, 9.17) is 0 Å². The van der Waals surface area contributed by atoms with Gasteiger partial charge in [-0.2, -0.15) is 0 Å². The number of carbonyl (C=O) groups excluding carboxylic acids is 2. The number of nitrogens with one attached hydrogen (secondary N) is 1. The molecule has 2 unspecified atom stereocenters. The highest BCUT2D eigenvalue weighted by Crippen LogP contribution is 2.17. The van der Waals surface area contributed by atoms with Gasteiger partial charge in [0.25, 0.3) is 0 Å². The SMILES string of the molecule is CCCCCCCN1C(=O)C(C(C)C)NC(=O)CC1C. The number of amides is 2. The summed E-state index contributed by atoms with van der Waals surface area (Å²) in [5, 5.41) is 2.87. The second kappa shape index (κ2) is 8.28. The lowest BCUT2D eigenvalue weighted by molar-refractivity contribution is -0.136. The summed E-state index contributed by atoms with van der Waals surface area (Å²) in [4.78, 5) is 26.3. The van der Waals surface area contributed by atoms with Gasteiger partial charge in [0.2, 0.25) is 11.8 Å². The molecule has 1 aliphatic rings. The Hall–Kier alpha value is -1.06. The van der Waals surface area contributed by atoms with E-state index in [-0.39, 0.29) is 29.8 Å². The summed E-state index contributed by atoms with van der Waals surface area (Å²) in [6, 6.07) is -0.347. The van der Waals surface area contributed by atoms with E-state index in [1.54, 1.807) is 0 Å². The first-order chi connectivity index (χ1) is 9.47. The third-order valence-corrected chi connectivity index (χ3v) is 4.05. The van der Waals surface area contributed by atoms with Crippen LogP contribution in [0.2, 0.25) is 0 Å². The molecule has 0 saturated carbocycles. The summed E-state index contributed by atoms with van der Waals surface area (Å²) in [6.07, 6.45) is 6.35. The Bertz CT molecular complexity index is 328. The highest BCUT2D eigenvalue weighted by atomic mass is 16.2. The maximum absolute atomic E-state index is 12.6. The topological polar surface area (TPSA) is 49.4 Å². The third-order valence-electron chi connectivity index (χ3n) is 4.05. The first-order valence-electron chi connectivity index (χ1n) is 8.07. The number of unbranched alkanes of at least 4 members (excludes halogenated alkanes) is 4. The molecule has 0 aromatic carbocycles. The van der Waals surface area contributed by atoms with Crippen LogP contribution in [0.4, 0.5) is 0 Å². The minimum atomic E-state index is -0.358. The molecular formula is C16H30N2O2. The zero-order chi connectivity index (χ0) is 15.1. The Labute approximate surface area is 123 Å². The van der Waals surface area contributed by atoms with E-state index in [9.17, 15) is 9.59 Å². The van der Waals surface area contributed by atoms with E-state index in [1.807, 2.05) is 25.7 Å². The molecule has 116 valence electrons. The van der Waals surface area contributed by atoms with E-state index in [1.165, 1.54) is 19.3 Å². The van der Waals surface area contributed by atoms with Gasteiger partial charge in [0, 0.05) is 19.0 Å². The zero-order valence-electron chi connectivity index (χ0n) is 13.4. The van der Waals surface area contributed by atoms with Gasteiger partial charge in [0.1, 0.15) is 6.04 Å². The first-order valence-corrected chi connectivity index (χ1v) is 8.07. The lowest BCUT2D eigenvalue weighted by Gasteiger charge is -2.30. The molecule has 1 rings (SSSR count). The van der Waals surface area contributed by atoms with E-state index in [0.29, 0.717) is 6.42 Å². The van der Waals surface area contributed by atoms with Crippen LogP contribution < -0.4 is 5.32 Å². The van der Waals surface area contributed by atoms with Gasteiger partial charge in [0.15, 0.2) is 0 Å². The zero-order valence-corrected chi connectivity index (χ0v) is 13.4.